The molecule has 0 aliphatic rings. The molecule has 0 fully saturated rings. The zero-order chi connectivity index (χ0) is 32.6. The number of anilines is 1. The molecule has 5 aromatic rings. The molecule has 0 saturated heterocycles. The van der Waals surface area contributed by atoms with E-state index < -0.39 is 5.97 Å². The van der Waals surface area contributed by atoms with Gasteiger partial charge in [-0.3, -0.25) is 4.79 Å². The number of nitrogens with zero attached hydrogens (tertiary/aromatic N) is 1. The van der Waals surface area contributed by atoms with E-state index in [4.69, 9.17) is 27.9 Å². The number of hydrogen-bond donors (Lipinski definition) is 3. The molecule has 7 nitrogen and oxygen atoms in total. The Bertz CT molecular complexity index is 1820. The number of amides is 1. The maximum atomic E-state index is 12.2. The number of unbranched alkanes of at least 4 members (excludes halogenated alkanes) is 2. The Kier molecular flexibility index (Phi) is 10.8. The molecule has 236 valence electrons. The number of hydrogen-bond acceptors (Lipinski definition) is 4. The van der Waals surface area contributed by atoms with E-state index in [0.29, 0.717) is 28.0 Å². The number of aromatic carboxylic acids is 1. The molecule has 0 spiro atoms. The second-order valence-electron chi connectivity index (χ2n) is 11.0. The Morgan fingerprint density at radius 3 is 2.24 bits per heavy atom. The van der Waals surface area contributed by atoms with Crippen LogP contribution in [0.2, 0.25) is 10.0 Å². The van der Waals surface area contributed by atoms with Gasteiger partial charge in [0.15, 0.2) is 0 Å². The highest BCUT2D eigenvalue weighted by Crippen LogP contribution is 2.34. The van der Waals surface area contributed by atoms with Gasteiger partial charge in [-0.1, -0.05) is 86.3 Å². The second kappa shape index (κ2) is 15.1. The zero-order valence-electron chi connectivity index (χ0n) is 25.6. The minimum absolute atomic E-state index is 0.0250. The molecular weight excluding hydrogens is 621 g/mol. The number of benzene rings is 4. The van der Waals surface area contributed by atoms with Crippen molar-refractivity contribution in [3.8, 4) is 33.9 Å². The fourth-order valence-corrected chi connectivity index (χ4v) is 5.84. The lowest BCUT2D eigenvalue weighted by atomic mass is 9.93. The van der Waals surface area contributed by atoms with Crippen molar-refractivity contribution in [1.82, 2.24) is 9.97 Å². The van der Waals surface area contributed by atoms with Crippen LogP contribution in [0.3, 0.4) is 0 Å². The number of carbonyl (C=O) groups is 2. The fourth-order valence-electron chi connectivity index (χ4n) is 5.33. The van der Waals surface area contributed by atoms with Gasteiger partial charge in [-0.15, -0.1) is 0 Å². The molecule has 4 aromatic carbocycles. The summed E-state index contributed by atoms with van der Waals surface area (Å²) in [7, 11) is 0. The number of carbonyl (C=O) groups excluding carboxylic acids is 1. The summed E-state index contributed by atoms with van der Waals surface area (Å²) in [5.41, 5.74) is 5.12. The van der Waals surface area contributed by atoms with Gasteiger partial charge in [0.25, 0.3) is 0 Å². The van der Waals surface area contributed by atoms with E-state index in [1.807, 2.05) is 36.4 Å². The highest BCUT2D eigenvalue weighted by Gasteiger charge is 2.18. The first-order valence-corrected chi connectivity index (χ1v) is 16.1. The number of ether oxygens (including phenoxy) is 1. The lowest BCUT2D eigenvalue weighted by Crippen LogP contribution is -2.14. The average Bonchev–Trinajstić information content (AvgIpc) is 3.52. The first-order valence-electron chi connectivity index (χ1n) is 15.3. The van der Waals surface area contributed by atoms with Crippen LogP contribution in [0, 0.1) is 0 Å². The van der Waals surface area contributed by atoms with Gasteiger partial charge in [0.1, 0.15) is 17.3 Å². The van der Waals surface area contributed by atoms with Crippen LogP contribution in [0.5, 0.6) is 11.5 Å². The number of H-pyrrole nitrogens is 1. The van der Waals surface area contributed by atoms with E-state index in [1.54, 1.807) is 24.4 Å². The molecule has 9 heteroatoms. The molecule has 1 atom stereocenters. The standard InChI is InChI=1S/C37H35Cl2N3O4/c1-3-5-6-7-35(43)41-33-19-17-28(21-31(33)37(44)45)46-27-15-12-24(13-16-27)23-8-10-25(11-9-23)29(4-2)36-40-22-34(42-36)30-18-14-26(38)20-32(30)39/h8-22,29H,3-7H2,1-2H3,(H,40,42)(H,41,43)(H,44,45). The Morgan fingerprint density at radius 1 is 0.891 bits per heavy atom. The Balaban J connectivity index is 1.25. The van der Waals surface area contributed by atoms with Crippen LogP contribution in [0.1, 0.15) is 73.6 Å². The van der Waals surface area contributed by atoms with Crippen LogP contribution in [0.4, 0.5) is 5.69 Å². The molecule has 0 bridgehead atoms. The van der Waals surface area contributed by atoms with Gasteiger partial charge in [-0.25, -0.2) is 9.78 Å². The number of carboxylic acid groups (broad SMARTS) is 1. The van der Waals surface area contributed by atoms with Crippen molar-refractivity contribution in [3.05, 3.63) is 118 Å². The van der Waals surface area contributed by atoms with Crippen molar-refractivity contribution < 1.29 is 19.4 Å². The Morgan fingerprint density at radius 2 is 1.59 bits per heavy atom. The maximum Gasteiger partial charge on any atom is 0.337 e. The summed E-state index contributed by atoms with van der Waals surface area (Å²) in [6, 6.07) is 26.0. The minimum Gasteiger partial charge on any atom is -0.478 e. The highest BCUT2D eigenvalue weighted by molar-refractivity contribution is 6.36. The summed E-state index contributed by atoms with van der Waals surface area (Å²) in [6.45, 7) is 4.19. The van der Waals surface area contributed by atoms with Crippen molar-refractivity contribution in [1.29, 1.82) is 0 Å². The van der Waals surface area contributed by atoms with E-state index in [1.165, 1.54) is 6.07 Å². The zero-order valence-corrected chi connectivity index (χ0v) is 27.2. The monoisotopic (exact) mass is 655 g/mol. The van der Waals surface area contributed by atoms with Gasteiger partial charge in [0.2, 0.25) is 5.91 Å². The smallest absolute Gasteiger partial charge is 0.337 e. The van der Waals surface area contributed by atoms with Crippen LogP contribution in [0.15, 0.2) is 91.1 Å². The highest BCUT2D eigenvalue weighted by atomic mass is 35.5. The first-order chi connectivity index (χ1) is 22.2. The molecule has 0 saturated carbocycles. The predicted molar refractivity (Wildman–Crippen MR) is 184 cm³/mol. The number of rotatable bonds is 13. The van der Waals surface area contributed by atoms with E-state index in [9.17, 15) is 14.7 Å². The third-order valence-corrected chi connectivity index (χ3v) is 8.34. The summed E-state index contributed by atoms with van der Waals surface area (Å²) >= 11 is 12.5. The van der Waals surface area contributed by atoms with Crippen molar-refractivity contribution >= 4 is 40.8 Å². The van der Waals surface area contributed by atoms with Gasteiger partial charge in [0.05, 0.1) is 28.2 Å². The van der Waals surface area contributed by atoms with E-state index >= 15 is 0 Å². The van der Waals surface area contributed by atoms with Crippen LogP contribution >= 0.6 is 23.2 Å². The van der Waals surface area contributed by atoms with Crippen molar-refractivity contribution in [2.45, 2.75) is 51.9 Å². The molecule has 1 heterocycles. The topological polar surface area (TPSA) is 104 Å². The third-order valence-electron chi connectivity index (χ3n) is 7.79. The van der Waals surface area contributed by atoms with Gasteiger partial charge >= 0.3 is 5.97 Å². The number of imidazole rings is 1. The van der Waals surface area contributed by atoms with E-state index in [0.717, 1.165) is 59.5 Å². The van der Waals surface area contributed by atoms with Crippen molar-refractivity contribution in [3.63, 3.8) is 0 Å². The average molecular weight is 657 g/mol. The molecule has 0 aliphatic heterocycles. The lowest BCUT2D eigenvalue weighted by Gasteiger charge is -2.14. The van der Waals surface area contributed by atoms with Gasteiger partial charge in [-0.05, 0) is 78.1 Å². The number of aromatic amines is 1. The first kappa shape index (κ1) is 32.8. The second-order valence-corrected chi connectivity index (χ2v) is 11.9. The number of carboxylic acids is 1. The summed E-state index contributed by atoms with van der Waals surface area (Å²) < 4.78 is 5.96. The van der Waals surface area contributed by atoms with Gasteiger partial charge in [0, 0.05) is 22.9 Å². The van der Waals surface area contributed by atoms with Crippen molar-refractivity contribution in [2.24, 2.45) is 0 Å². The Hall–Kier alpha value is -4.59. The van der Waals surface area contributed by atoms with Crippen LogP contribution in [0.25, 0.3) is 22.4 Å². The SMILES string of the molecule is CCCCCC(=O)Nc1ccc(Oc2ccc(-c3ccc(C(CC)c4ncc(-c5ccc(Cl)cc5Cl)[nH]4)cc3)cc2)cc1C(=O)O. The summed E-state index contributed by atoms with van der Waals surface area (Å²) in [5.74, 6) is 0.536. The molecule has 0 radical (unpaired) electrons. The molecule has 46 heavy (non-hydrogen) atoms. The largest absolute Gasteiger partial charge is 0.478 e. The quantitative estimate of drug-likeness (QED) is 0.109. The molecule has 5 rings (SSSR count). The van der Waals surface area contributed by atoms with Crippen LogP contribution < -0.4 is 10.1 Å². The van der Waals surface area contributed by atoms with Gasteiger partial charge < -0.3 is 20.1 Å². The van der Waals surface area contributed by atoms with Gasteiger partial charge in [-0.2, -0.15) is 0 Å². The predicted octanol–water partition coefficient (Wildman–Crippen LogP) is 10.6. The minimum atomic E-state index is -1.14. The van der Waals surface area contributed by atoms with Crippen molar-refractivity contribution in [2.75, 3.05) is 5.32 Å². The molecule has 1 amide bonds. The van der Waals surface area contributed by atoms with Crippen LogP contribution in [-0.4, -0.2) is 27.0 Å². The molecule has 3 N–H and O–H groups in total. The number of nitrogens with one attached hydrogen (secondary N) is 2. The van der Waals surface area contributed by atoms with Crippen LogP contribution in [-0.2, 0) is 4.79 Å². The normalized spacial score (nSPS) is 11.7. The maximum absolute atomic E-state index is 12.2. The molecule has 0 aliphatic carbocycles. The summed E-state index contributed by atoms with van der Waals surface area (Å²) in [5, 5.41) is 13.6. The number of halogens is 2. The molecule has 1 unspecified atom stereocenters. The summed E-state index contributed by atoms with van der Waals surface area (Å²) in [6.07, 6.45) is 5.73. The van der Waals surface area contributed by atoms with E-state index in [-0.39, 0.29) is 23.1 Å². The number of aromatic nitrogens is 2. The fraction of sp³-hybridized carbons (Fsp3) is 0.216. The Labute approximate surface area is 278 Å². The molecule has 1 aromatic heterocycles. The summed E-state index contributed by atoms with van der Waals surface area (Å²) in [4.78, 5) is 32.2. The lowest BCUT2D eigenvalue weighted by molar-refractivity contribution is -0.116. The van der Waals surface area contributed by atoms with E-state index in [2.05, 4.69) is 53.4 Å². The molecular formula is C37H35Cl2N3O4. The third kappa shape index (κ3) is 7.97.